The molecular formula is C10H18ClNO3. The fraction of sp³-hybridized carbons (Fsp3) is 0.900. The van der Waals surface area contributed by atoms with E-state index in [1.807, 2.05) is 13.8 Å². The normalized spacial score (nSPS) is 41.7. The third kappa shape index (κ3) is 1.55. The number of nitrogens with two attached hydrogens (primary N) is 1. The molecule has 2 N–H and O–H groups in total. The van der Waals surface area contributed by atoms with Gasteiger partial charge < -0.3 is 15.2 Å². The molecule has 0 aromatic rings. The Kier molecular flexibility index (Phi) is 3.33. The summed E-state index contributed by atoms with van der Waals surface area (Å²) >= 11 is 0. The Hall–Kier alpha value is -0.320. The summed E-state index contributed by atoms with van der Waals surface area (Å²) in [6, 6.07) is 0. The maximum Gasteiger partial charge on any atom is 0.314 e. The van der Waals surface area contributed by atoms with Crippen molar-refractivity contribution in [2.45, 2.75) is 38.4 Å². The van der Waals surface area contributed by atoms with Crippen LogP contribution >= 0.6 is 12.4 Å². The van der Waals surface area contributed by atoms with Crippen molar-refractivity contribution in [2.75, 3.05) is 13.2 Å². The molecule has 2 aliphatic heterocycles. The van der Waals surface area contributed by atoms with Crippen LogP contribution in [0.25, 0.3) is 0 Å². The molecule has 3 rings (SSSR count). The predicted octanol–water partition coefficient (Wildman–Crippen LogP) is 0.868. The summed E-state index contributed by atoms with van der Waals surface area (Å²) in [5, 5.41) is 0. The van der Waals surface area contributed by atoms with Crippen molar-refractivity contribution in [1.82, 2.24) is 0 Å². The number of ether oxygens (including phenoxy) is 2. The van der Waals surface area contributed by atoms with Crippen molar-refractivity contribution in [3.63, 3.8) is 0 Å². The molecular weight excluding hydrogens is 218 g/mol. The third-order valence-corrected chi connectivity index (χ3v) is 3.53. The zero-order chi connectivity index (χ0) is 10.4. The maximum atomic E-state index is 11.7. The molecule has 3 fully saturated rings. The van der Waals surface area contributed by atoms with Crippen LogP contribution in [0.1, 0.15) is 26.7 Å². The quantitative estimate of drug-likeness (QED) is 0.738. The van der Waals surface area contributed by atoms with E-state index in [0.29, 0.717) is 13.2 Å². The highest BCUT2D eigenvalue weighted by Gasteiger charge is 2.70. The Labute approximate surface area is 95.9 Å². The van der Waals surface area contributed by atoms with E-state index >= 15 is 0 Å². The van der Waals surface area contributed by atoms with E-state index in [0.717, 1.165) is 12.8 Å². The number of hydrogen-bond donors (Lipinski definition) is 1. The van der Waals surface area contributed by atoms with Gasteiger partial charge in [0.2, 0.25) is 0 Å². The molecule has 1 atom stereocenters. The van der Waals surface area contributed by atoms with Gasteiger partial charge in [-0.25, -0.2) is 0 Å². The van der Waals surface area contributed by atoms with Crippen LogP contribution < -0.4 is 5.73 Å². The number of fused-ring (bicyclic) bond motifs is 1. The number of rotatable bonds is 3. The molecule has 15 heavy (non-hydrogen) atoms. The van der Waals surface area contributed by atoms with Gasteiger partial charge in [-0.15, -0.1) is 12.4 Å². The molecule has 2 saturated heterocycles. The average molecular weight is 236 g/mol. The predicted molar refractivity (Wildman–Crippen MR) is 57.9 cm³/mol. The molecule has 3 aliphatic rings. The first-order chi connectivity index (χ1) is 6.58. The van der Waals surface area contributed by atoms with E-state index in [-0.39, 0.29) is 30.1 Å². The summed E-state index contributed by atoms with van der Waals surface area (Å²) < 4.78 is 10.8. The lowest BCUT2D eigenvalue weighted by molar-refractivity contribution is -0.161. The van der Waals surface area contributed by atoms with E-state index < -0.39 is 5.41 Å². The molecule has 0 radical (unpaired) electrons. The minimum Gasteiger partial charge on any atom is -0.465 e. The summed E-state index contributed by atoms with van der Waals surface area (Å²) in [6.07, 6.45) is 1.41. The molecule has 88 valence electrons. The molecule has 0 aromatic carbocycles. The molecule has 4 nitrogen and oxygen atoms in total. The lowest BCUT2D eigenvalue weighted by atomic mass is 9.60. The third-order valence-electron chi connectivity index (χ3n) is 3.53. The number of hydrogen-bond acceptors (Lipinski definition) is 4. The maximum absolute atomic E-state index is 11.7. The lowest BCUT2D eigenvalue weighted by Gasteiger charge is -2.42. The second-order valence-electron chi connectivity index (χ2n) is 4.38. The zero-order valence-electron chi connectivity index (χ0n) is 9.12. The van der Waals surface area contributed by atoms with Crippen molar-refractivity contribution in [3.8, 4) is 0 Å². The van der Waals surface area contributed by atoms with Gasteiger partial charge in [0.25, 0.3) is 0 Å². The SMILES string of the molecule is CCOC(=O)C12CC(CN)(C1)OC2C.Cl. The molecule has 0 amide bonds. The van der Waals surface area contributed by atoms with Crippen molar-refractivity contribution in [2.24, 2.45) is 11.1 Å². The van der Waals surface area contributed by atoms with Crippen LogP contribution in [-0.4, -0.2) is 30.8 Å². The molecule has 2 heterocycles. The molecule has 0 aromatic heterocycles. The van der Waals surface area contributed by atoms with Crippen molar-refractivity contribution >= 4 is 18.4 Å². The molecule has 0 spiro atoms. The van der Waals surface area contributed by atoms with Crippen molar-refractivity contribution < 1.29 is 14.3 Å². The number of carbonyl (C=O) groups excluding carboxylic acids is 1. The summed E-state index contributed by atoms with van der Waals surface area (Å²) in [5.74, 6) is -0.117. The number of halogens is 1. The molecule has 1 unspecified atom stereocenters. The van der Waals surface area contributed by atoms with E-state index in [9.17, 15) is 4.79 Å². The monoisotopic (exact) mass is 235 g/mol. The van der Waals surface area contributed by atoms with E-state index in [2.05, 4.69) is 0 Å². The Balaban J connectivity index is 0.00000112. The Morgan fingerprint density at radius 1 is 1.60 bits per heavy atom. The second kappa shape index (κ2) is 3.92. The zero-order valence-corrected chi connectivity index (χ0v) is 9.93. The summed E-state index contributed by atoms with van der Waals surface area (Å²) in [4.78, 5) is 11.7. The van der Waals surface area contributed by atoms with Gasteiger partial charge in [-0.05, 0) is 26.7 Å². The second-order valence-corrected chi connectivity index (χ2v) is 4.38. The van der Waals surface area contributed by atoms with Gasteiger partial charge in [-0.1, -0.05) is 0 Å². The smallest absolute Gasteiger partial charge is 0.314 e. The van der Waals surface area contributed by atoms with Crippen LogP contribution in [0.5, 0.6) is 0 Å². The van der Waals surface area contributed by atoms with E-state index in [4.69, 9.17) is 15.2 Å². The highest BCUT2D eigenvalue weighted by Crippen LogP contribution is 2.61. The van der Waals surface area contributed by atoms with Gasteiger partial charge in [0.15, 0.2) is 0 Å². The highest BCUT2D eigenvalue weighted by atomic mass is 35.5. The first-order valence-electron chi connectivity index (χ1n) is 5.14. The summed E-state index contributed by atoms with van der Waals surface area (Å²) in [5.41, 5.74) is 5.00. The molecule has 1 saturated carbocycles. The Bertz CT molecular complexity index is 263. The van der Waals surface area contributed by atoms with Gasteiger partial charge in [0.1, 0.15) is 0 Å². The average Bonchev–Trinajstić information content (AvgIpc) is 2.53. The van der Waals surface area contributed by atoms with E-state index in [1.165, 1.54) is 0 Å². The summed E-state index contributed by atoms with van der Waals surface area (Å²) in [7, 11) is 0. The van der Waals surface area contributed by atoms with E-state index in [1.54, 1.807) is 0 Å². The minimum atomic E-state index is -0.393. The number of carbonyl (C=O) groups is 1. The topological polar surface area (TPSA) is 61.5 Å². The molecule has 5 heteroatoms. The Morgan fingerprint density at radius 2 is 2.20 bits per heavy atom. The van der Waals surface area contributed by atoms with Crippen LogP contribution in [0, 0.1) is 5.41 Å². The number of esters is 1. The standard InChI is InChI=1S/C10H17NO3.ClH/c1-3-13-8(12)10-4-9(5-10,6-11)14-7(10)2;/h7H,3-6,11H2,1-2H3;1H. The van der Waals surface area contributed by atoms with Crippen LogP contribution in [0.3, 0.4) is 0 Å². The highest BCUT2D eigenvalue weighted by molar-refractivity contribution is 5.85. The van der Waals surface area contributed by atoms with Gasteiger partial charge in [0.05, 0.1) is 23.7 Å². The van der Waals surface area contributed by atoms with Crippen molar-refractivity contribution in [3.05, 3.63) is 0 Å². The fourth-order valence-corrected chi connectivity index (χ4v) is 2.73. The minimum absolute atomic E-state index is 0. The molecule has 1 aliphatic carbocycles. The van der Waals surface area contributed by atoms with Crippen molar-refractivity contribution in [1.29, 1.82) is 0 Å². The molecule has 2 bridgehead atoms. The van der Waals surface area contributed by atoms with Crippen LogP contribution in [0.2, 0.25) is 0 Å². The lowest BCUT2D eigenvalue weighted by Crippen LogP contribution is -2.53. The largest absolute Gasteiger partial charge is 0.465 e. The van der Waals surface area contributed by atoms with Gasteiger partial charge in [-0.3, -0.25) is 4.79 Å². The van der Waals surface area contributed by atoms with Gasteiger partial charge >= 0.3 is 5.97 Å². The first kappa shape index (κ1) is 12.7. The summed E-state index contributed by atoms with van der Waals surface area (Å²) in [6.45, 7) is 4.69. The Morgan fingerprint density at radius 3 is 2.60 bits per heavy atom. The van der Waals surface area contributed by atoms with Crippen LogP contribution in [0.15, 0.2) is 0 Å². The van der Waals surface area contributed by atoms with Gasteiger partial charge in [0, 0.05) is 6.54 Å². The van der Waals surface area contributed by atoms with Gasteiger partial charge in [-0.2, -0.15) is 0 Å². The fourth-order valence-electron chi connectivity index (χ4n) is 2.73. The first-order valence-corrected chi connectivity index (χ1v) is 5.14. The van der Waals surface area contributed by atoms with Crippen LogP contribution in [-0.2, 0) is 14.3 Å². The van der Waals surface area contributed by atoms with Crippen LogP contribution in [0.4, 0.5) is 0 Å².